The molecule has 1 aromatic heterocycles. The third kappa shape index (κ3) is 3.93. The van der Waals surface area contributed by atoms with E-state index in [9.17, 15) is 4.79 Å². The Kier molecular flexibility index (Phi) is 4.71. The third-order valence-electron chi connectivity index (χ3n) is 4.48. The first-order valence-electron chi connectivity index (χ1n) is 8.42. The normalized spacial score (nSPS) is 27.4. The highest BCUT2D eigenvalue weighted by Crippen LogP contribution is 2.35. The van der Waals surface area contributed by atoms with E-state index in [0.29, 0.717) is 13.2 Å². The van der Waals surface area contributed by atoms with E-state index in [1.54, 1.807) is 6.20 Å². The molecule has 1 aromatic rings. The Balaban J connectivity index is 1.58. The Hall–Kier alpha value is -1.82. The van der Waals surface area contributed by atoms with Gasteiger partial charge in [0.15, 0.2) is 0 Å². The summed E-state index contributed by atoms with van der Waals surface area (Å²) in [7, 11) is 0. The maximum Gasteiger partial charge on any atom is 0.317 e. The van der Waals surface area contributed by atoms with Crippen molar-refractivity contribution in [3.8, 4) is 0 Å². The Labute approximate surface area is 137 Å². The first-order chi connectivity index (χ1) is 11.1. The molecule has 2 aliphatic rings. The molecular formula is C17H26N4O2. The minimum atomic E-state index is -0.202. The molecule has 1 spiro atoms. The Morgan fingerprint density at radius 2 is 2.39 bits per heavy atom. The number of aromatic nitrogens is 1. The van der Waals surface area contributed by atoms with E-state index in [4.69, 9.17) is 4.74 Å². The number of carbonyl (C=O) groups excluding carboxylic acids is 1. The monoisotopic (exact) mass is 318 g/mol. The molecule has 2 aliphatic heterocycles. The maximum atomic E-state index is 12.3. The number of rotatable bonds is 3. The summed E-state index contributed by atoms with van der Waals surface area (Å²) in [4.78, 5) is 18.3. The summed E-state index contributed by atoms with van der Waals surface area (Å²) in [5.41, 5.74) is 0.815. The maximum absolute atomic E-state index is 12.3. The summed E-state index contributed by atoms with van der Waals surface area (Å²) in [6.45, 7) is 6.13. The van der Waals surface area contributed by atoms with E-state index in [2.05, 4.69) is 15.6 Å². The zero-order valence-corrected chi connectivity index (χ0v) is 13.9. The van der Waals surface area contributed by atoms with Crippen LogP contribution < -0.4 is 10.6 Å². The number of ether oxygens (including phenoxy) is 1. The van der Waals surface area contributed by atoms with Crippen molar-refractivity contribution in [3.63, 3.8) is 0 Å². The van der Waals surface area contributed by atoms with Crippen molar-refractivity contribution < 1.29 is 9.53 Å². The first-order valence-corrected chi connectivity index (χ1v) is 8.42. The second-order valence-corrected chi connectivity index (χ2v) is 6.91. The Morgan fingerprint density at radius 1 is 1.52 bits per heavy atom. The molecule has 126 valence electrons. The van der Waals surface area contributed by atoms with Gasteiger partial charge in [0.1, 0.15) is 0 Å². The van der Waals surface area contributed by atoms with Gasteiger partial charge < -0.3 is 20.3 Å². The van der Waals surface area contributed by atoms with Crippen LogP contribution in [0.5, 0.6) is 0 Å². The highest BCUT2D eigenvalue weighted by Gasteiger charge is 2.44. The summed E-state index contributed by atoms with van der Waals surface area (Å²) in [5, 5.41) is 6.46. The largest absolute Gasteiger partial charge is 0.379 e. The van der Waals surface area contributed by atoms with Crippen LogP contribution >= 0.6 is 0 Å². The zero-order valence-electron chi connectivity index (χ0n) is 13.9. The lowest BCUT2D eigenvalue weighted by atomic mass is 9.89. The number of carbonyl (C=O) groups is 1. The minimum Gasteiger partial charge on any atom is -0.379 e. The predicted molar refractivity (Wildman–Crippen MR) is 89.4 cm³/mol. The molecule has 2 atom stereocenters. The number of anilines is 1. The summed E-state index contributed by atoms with van der Waals surface area (Å²) in [5.74, 6) is 0. The topological polar surface area (TPSA) is 66.5 Å². The van der Waals surface area contributed by atoms with Crippen molar-refractivity contribution in [1.82, 2.24) is 15.2 Å². The molecule has 2 fully saturated rings. The molecule has 3 rings (SSSR count). The Bertz CT molecular complexity index is 537. The van der Waals surface area contributed by atoms with Gasteiger partial charge in [-0.1, -0.05) is 0 Å². The quantitative estimate of drug-likeness (QED) is 0.897. The van der Waals surface area contributed by atoms with Crippen molar-refractivity contribution in [3.05, 3.63) is 24.5 Å². The average molecular weight is 318 g/mol. The van der Waals surface area contributed by atoms with Crippen LogP contribution in [0.15, 0.2) is 24.5 Å². The molecule has 0 aromatic carbocycles. The number of amides is 2. The number of piperidine rings is 1. The van der Waals surface area contributed by atoms with E-state index >= 15 is 0 Å². The molecule has 2 amide bonds. The first kappa shape index (κ1) is 16.1. The number of hydrogen-bond donors (Lipinski definition) is 2. The highest BCUT2D eigenvalue weighted by atomic mass is 16.5. The van der Waals surface area contributed by atoms with Gasteiger partial charge in [0, 0.05) is 31.4 Å². The molecule has 0 aliphatic carbocycles. The van der Waals surface area contributed by atoms with Crippen LogP contribution in [0.2, 0.25) is 0 Å². The van der Waals surface area contributed by atoms with Crippen LogP contribution in [0.4, 0.5) is 10.5 Å². The molecule has 0 unspecified atom stereocenters. The van der Waals surface area contributed by atoms with Crippen molar-refractivity contribution in [2.24, 2.45) is 0 Å². The SMILES string of the molecule is CC(C)NC(=O)N1CCC[C@]2(C[C@@H](Nc3cccnc3)CO2)C1. The van der Waals surface area contributed by atoms with Gasteiger partial charge in [-0.15, -0.1) is 0 Å². The third-order valence-corrected chi connectivity index (χ3v) is 4.48. The summed E-state index contributed by atoms with van der Waals surface area (Å²) < 4.78 is 6.15. The van der Waals surface area contributed by atoms with Gasteiger partial charge in [0.25, 0.3) is 0 Å². The smallest absolute Gasteiger partial charge is 0.317 e. The summed E-state index contributed by atoms with van der Waals surface area (Å²) >= 11 is 0. The van der Waals surface area contributed by atoms with E-state index in [1.165, 1.54) is 0 Å². The fraction of sp³-hybridized carbons (Fsp3) is 0.647. The summed E-state index contributed by atoms with van der Waals surface area (Å²) in [6.07, 6.45) is 6.53. The van der Waals surface area contributed by atoms with Crippen LogP contribution in [0.1, 0.15) is 33.1 Å². The average Bonchev–Trinajstić information content (AvgIpc) is 2.90. The van der Waals surface area contributed by atoms with Gasteiger partial charge in [-0.2, -0.15) is 0 Å². The molecule has 2 N–H and O–H groups in total. The molecule has 0 radical (unpaired) electrons. The van der Waals surface area contributed by atoms with Crippen LogP contribution in [-0.4, -0.2) is 53.3 Å². The van der Waals surface area contributed by atoms with Gasteiger partial charge in [0.05, 0.1) is 30.5 Å². The van der Waals surface area contributed by atoms with Gasteiger partial charge in [-0.05, 0) is 38.8 Å². The van der Waals surface area contributed by atoms with E-state index < -0.39 is 0 Å². The van der Waals surface area contributed by atoms with Crippen molar-refractivity contribution in [2.45, 2.75) is 50.8 Å². The van der Waals surface area contributed by atoms with E-state index in [0.717, 1.165) is 31.5 Å². The van der Waals surface area contributed by atoms with Gasteiger partial charge in [-0.3, -0.25) is 4.98 Å². The molecule has 0 saturated carbocycles. The molecule has 3 heterocycles. The lowest BCUT2D eigenvalue weighted by Crippen LogP contribution is -2.54. The molecule has 2 saturated heterocycles. The molecule has 6 heteroatoms. The molecule has 0 bridgehead atoms. The van der Waals surface area contributed by atoms with E-state index in [-0.39, 0.29) is 23.7 Å². The lowest BCUT2D eigenvalue weighted by Gasteiger charge is -2.40. The van der Waals surface area contributed by atoms with Crippen LogP contribution in [0, 0.1) is 0 Å². The van der Waals surface area contributed by atoms with Gasteiger partial charge in [0.2, 0.25) is 0 Å². The number of nitrogens with one attached hydrogen (secondary N) is 2. The number of likely N-dealkylation sites (tertiary alicyclic amines) is 1. The van der Waals surface area contributed by atoms with Crippen molar-refractivity contribution in [2.75, 3.05) is 25.0 Å². The van der Waals surface area contributed by atoms with Crippen LogP contribution in [0.25, 0.3) is 0 Å². The second-order valence-electron chi connectivity index (χ2n) is 6.91. The van der Waals surface area contributed by atoms with Gasteiger partial charge >= 0.3 is 6.03 Å². The number of hydrogen-bond acceptors (Lipinski definition) is 4. The number of urea groups is 1. The summed E-state index contributed by atoms with van der Waals surface area (Å²) in [6, 6.07) is 4.39. The molecule has 23 heavy (non-hydrogen) atoms. The zero-order chi connectivity index (χ0) is 16.3. The number of nitrogens with zero attached hydrogens (tertiary/aromatic N) is 2. The lowest BCUT2D eigenvalue weighted by molar-refractivity contribution is -0.0410. The number of pyridine rings is 1. The molecule has 6 nitrogen and oxygen atoms in total. The standard InChI is InChI=1S/C17H26N4O2/c1-13(2)19-16(22)21-8-4-6-17(12-21)9-15(11-23-17)20-14-5-3-7-18-10-14/h3,5,7,10,13,15,20H,4,6,8-9,11-12H2,1-2H3,(H,19,22)/t15-,17+/m1/s1. The minimum absolute atomic E-state index is 0.0198. The fourth-order valence-corrected chi connectivity index (χ4v) is 3.51. The van der Waals surface area contributed by atoms with Gasteiger partial charge in [-0.25, -0.2) is 4.79 Å². The van der Waals surface area contributed by atoms with Crippen LogP contribution in [-0.2, 0) is 4.74 Å². The fourth-order valence-electron chi connectivity index (χ4n) is 3.51. The van der Waals surface area contributed by atoms with Crippen molar-refractivity contribution in [1.29, 1.82) is 0 Å². The Morgan fingerprint density at radius 3 is 3.13 bits per heavy atom. The predicted octanol–water partition coefficient (Wildman–Crippen LogP) is 2.24. The highest BCUT2D eigenvalue weighted by molar-refractivity contribution is 5.74. The van der Waals surface area contributed by atoms with Crippen LogP contribution in [0.3, 0.4) is 0 Å². The van der Waals surface area contributed by atoms with E-state index in [1.807, 2.05) is 37.1 Å². The van der Waals surface area contributed by atoms with Crippen molar-refractivity contribution >= 4 is 11.7 Å². The molecular weight excluding hydrogens is 292 g/mol. The second kappa shape index (κ2) is 6.74.